The molecular weight excluding hydrogens is 318 g/mol. The lowest BCUT2D eigenvalue weighted by molar-refractivity contribution is 0.445. The van der Waals surface area contributed by atoms with Crippen LogP contribution in [0.1, 0.15) is 44.2 Å². The minimum atomic E-state index is 0.0878. The minimum Gasteiger partial charge on any atom is -0.508 e. The van der Waals surface area contributed by atoms with Crippen molar-refractivity contribution in [1.82, 2.24) is 4.98 Å². The fourth-order valence-corrected chi connectivity index (χ4v) is 3.57. The quantitative estimate of drug-likeness (QED) is 0.466. The van der Waals surface area contributed by atoms with Gasteiger partial charge in [0, 0.05) is 39.2 Å². The third-order valence-electron chi connectivity index (χ3n) is 4.49. The molecule has 3 N–H and O–H groups in total. The van der Waals surface area contributed by atoms with E-state index >= 15 is 0 Å². The summed E-state index contributed by atoms with van der Waals surface area (Å²) in [6, 6.07) is 7.35. The molecule has 0 aliphatic carbocycles. The number of aromatic amines is 1. The van der Waals surface area contributed by atoms with Gasteiger partial charge < -0.3 is 15.2 Å². The van der Waals surface area contributed by atoms with Crippen molar-refractivity contribution in [3.8, 4) is 22.6 Å². The maximum Gasteiger partial charge on any atom is 0.127 e. The van der Waals surface area contributed by atoms with Crippen molar-refractivity contribution in [3.63, 3.8) is 0 Å². The van der Waals surface area contributed by atoms with E-state index in [2.05, 4.69) is 24.5 Å². The van der Waals surface area contributed by atoms with Crippen molar-refractivity contribution in [3.05, 3.63) is 41.6 Å². The van der Waals surface area contributed by atoms with Crippen LogP contribution in [0.5, 0.6) is 11.5 Å². The van der Waals surface area contributed by atoms with E-state index in [0.717, 1.165) is 45.3 Å². The number of phenols is 2. The topological polar surface area (TPSA) is 56.2 Å². The molecule has 3 nitrogen and oxygen atoms in total. The van der Waals surface area contributed by atoms with Crippen LogP contribution in [-0.4, -0.2) is 15.2 Å². The highest BCUT2D eigenvalue weighted by Gasteiger charge is 2.18. The minimum absolute atomic E-state index is 0.0878. The number of phenolic OH excluding ortho intramolecular Hbond substituents is 2. The van der Waals surface area contributed by atoms with E-state index in [4.69, 9.17) is 0 Å². The van der Waals surface area contributed by atoms with Gasteiger partial charge in [-0.2, -0.15) is 0 Å². The molecule has 0 bridgehead atoms. The van der Waals surface area contributed by atoms with Gasteiger partial charge in [0.15, 0.2) is 0 Å². The normalized spacial score (nSPS) is 11.5. The number of aromatic nitrogens is 1. The lowest BCUT2D eigenvalue weighted by atomic mass is 9.93. The first-order chi connectivity index (χ1) is 11.4. The van der Waals surface area contributed by atoms with Gasteiger partial charge in [0.25, 0.3) is 0 Å². The van der Waals surface area contributed by atoms with Crippen LogP contribution < -0.4 is 0 Å². The summed E-state index contributed by atoms with van der Waals surface area (Å²) in [5.41, 5.74) is 4.73. The van der Waals surface area contributed by atoms with Crippen LogP contribution in [0, 0.1) is 0 Å². The number of H-pyrrole nitrogens is 1. The number of hydrogen-bond acceptors (Lipinski definition) is 3. The molecule has 0 saturated heterocycles. The zero-order chi connectivity index (χ0) is 17.4. The molecule has 0 spiro atoms. The summed E-state index contributed by atoms with van der Waals surface area (Å²) in [5, 5.41) is 21.6. The molecule has 0 aliphatic rings. The molecule has 4 heteroatoms. The van der Waals surface area contributed by atoms with Crippen LogP contribution in [0.25, 0.3) is 22.0 Å². The van der Waals surface area contributed by atoms with Gasteiger partial charge in [0.05, 0.1) is 0 Å². The highest BCUT2D eigenvalue weighted by Crippen LogP contribution is 2.42. The Morgan fingerprint density at radius 2 is 1.83 bits per heavy atom. The number of aryl methyl sites for hydroxylation is 1. The van der Waals surface area contributed by atoms with Gasteiger partial charge in [-0.3, -0.25) is 0 Å². The molecule has 1 heterocycles. The Bertz CT molecular complexity index is 896. The molecule has 0 aliphatic heterocycles. The monoisotopic (exact) mass is 341 g/mol. The molecule has 0 saturated carbocycles. The third kappa shape index (κ3) is 2.75. The van der Waals surface area contributed by atoms with E-state index in [0.29, 0.717) is 0 Å². The number of benzene rings is 2. The predicted molar refractivity (Wildman–Crippen MR) is 102 cm³/mol. The Morgan fingerprint density at radius 1 is 1.08 bits per heavy atom. The van der Waals surface area contributed by atoms with Gasteiger partial charge in [0.2, 0.25) is 0 Å². The van der Waals surface area contributed by atoms with E-state index in [9.17, 15) is 10.2 Å². The van der Waals surface area contributed by atoms with Crippen LogP contribution >= 0.6 is 12.6 Å². The molecule has 3 rings (SSSR count). The summed E-state index contributed by atoms with van der Waals surface area (Å²) in [6.45, 7) is 6.20. The van der Waals surface area contributed by atoms with E-state index < -0.39 is 0 Å². The third-order valence-corrected chi connectivity index (χ3v) is 4.91. The van der Waals surface area contributed by atoms with Gasteiger partial charge in [0.1, 0.15) is 11.5 Å². The van der Waals surface area contributed by atoms with E-state index in [-0.39, 0.29) is 17.4 Å². The summed E-state index contributed by atoms with van der Waals surface area (Å²) < 4.78 is 0. The second-order valence-electron chi connectivity index (χ2n) is 6.52. The van der Waals surface area contributed by atoms with E-state index in [1.807, 2.05) is 38.2 Å². The summed E-state index contributed by atoms with van der Waals surface area (Å²) in [4.78, 5) is 4.26. The molecular formula is C20H23NO2S. The fraction of sp³-hybridized carbons (Fsp3) is 0.300. The van der Waals surface area contributed by atoms with Crippen molar-refractivity contribution in [2.75, 3.05) is 0 Å². The second-order valence-corrected chi connectivity index (χ2v) is 7.00. The van der Waals surface area contributed by atoms with Gasteiger partial charge in [-0.15, -0.1) is 12.6 Å². The van der Waals surface area contributed by atoms with Crippen molar-refractivity contribution in [2.24, 2.45) is 0 Å². The number of aromatic hydroxyl groups is 2. The van der Waals surface area contributed by atoms with Crippen LogP contribution in [-0.2, 0) is 6.42 Å². The Morgan fingerprint density at radius 3 is 2.50 bits per heavy atom. The summed E-state index contributed by atoms with van der Waals surface area (Å²) in [6.07, 6.45) is 3.88. The molecule has 1 aromatic heterocycles. The highest BCUT2D eigenvalue weighted by atomic mass is 32.1. The average molecular weight is 341 g/mol. The largest absolute Gasteiger partial charge is 0.508 e. The Kier molecular flexibility index (Phi) is 4.50. The maximum absolute atomic E-state index is 10.4. The maximum atomic E-state index is 10.4. The van der Waals surface area contributed by atoms with E-state index in [1.54, 1.807) is 0 Å². The first-order valence-corrected chi connectivity index (χ1v) is 8.76. The van der Waals surface area contributed by atoms with Crippen LogP contribution in [0.2, 0.25) is 0 Å². The van der Waals surface area contributed by atoms with Crippen molar-refractivity contribution >= 4 is 23.5 Å². The summed E-state index contributed by atoms with van der Waals surface area (Å²) >= 11 is 4.62. The molecule has 2 aromatic carbocycles. The van der Waals surface area contributed by atoms with Crippen LogP contribution in [0.3, 0.4) is 0 Å². The first kappa shape index (κ1) is 16.8. The molecule has 0 unspecified atom stereocenters. The van der Waals surface area contributed by atoms with E-state index in [1.165, 1.54) is 11.6 Å². The molecule has 0 atom stereocenters. The molecule has 3 aromatic rings. The smallest absolute Gasteiger partial charge is 0.127 e. The molecule has 0 radical (unpaired) electrons. The molecule has 0 fully saturated rings. The number of nitrogens with one attached hydrogen (secondary N) is 1. The average Bonchev–Trinajstić information content (AvgIpc) is 2.94. The second kappa shape index (κ2) is 6.44. The molecule has 126 valence electrons. The number of hydrogen-bond donors (Lipinski definition) is 4. The van der Waals surface area contributed by atoms with Gasteiger partial charge >= 0.3 is 0 Å². The summed E-state index contributed by atoms with van der Waals surface area (Å²) in [5.74, 6) is 0.393. The van der Waals surface area contributed by atoms with Crippen LogP contribution in [0.15, 0.2) is 35.4 Å². The highest BCUT2D eigenvalue weighted by molar-refractivity contribution is 7.80. The van der Waals surface area contributed by atoms with Crippen molar-refractivity contribution in [2.45, 2.75) is 44.4 Å². The first-order valence-electron chi connectivity index (χ1n) is 8.32. The molecule has 0 amide bonds. The Labute approximate surface area is 147 Å². The van der Waals surface area contributed by atoms with Crippen molar-refractivity contribution in [1.29, 1.82) is 0 Å². The number of fused-ring (bicyclic) bond motifs is 1. The van der Waals surface area contributed by atoms with Gasteiger partial charge in [-0.05, 0) is 41.7 Å². The fourth-order valence-electron chi connectivity index (χ4n) is 3.27. The molecule has 24 heavy (non-hydrogen) atoms. The Hall–Kier alpha value is -2.07. The van der Waals surface area contributed by atoms with Crippen LogP contribution in [0.4, 0.5) is 0 Å². The summed E-state index contributed by atoms with van der Waals surface area (Å²) in [7, 11) is 0. The lowest BCUT2D eigenvalue weighted by Crippen LogP contribution is -1.92. The van der Waals surface area contributed by atoms with Crippen molar-refractivity contribution < 1.29 is 10.2 Å². The zero-order valence-electron chi connectivity index (χ0n) is 14.2. The number of rotatable bonds is 4. The Balaban J connectivity index is 2.31. The standard InChI is InChI=1S/C20H23NO2S/c1-4-5-12-19(24)7-6-16-20(12)15(10-21-16)14-8-13(11(2)3)17(22)9-18(14)23/h6-11,21-24H,4-5H2,1-3H3. The number of thiol groups is 1. The predicted octanol–water partition coefficient (Wildman–Crippen LogP) is 5.61. The SMILES string of the molecule is CCCc1c(S)ccc2[nH]cc(-c3cc(C(C)C)c(O)cc3O)c12. The lowest BCUT2D eigenvalue weighted by Gasteiger charge is -2.14. The van der Waals surface area contributed by atoms with Gasteiger partial charge in [-0.1, -0.05) is 27.2 Å². The van der Waals surface area contributed by atoms with Gasteiger partial charge in [-0.25, -0.2) is 0 Å². The zero-order valence-corrected chi connectivity index (χ0v) is 15.1.